The molecule has 3 nitrogen and oxygen atoms in total. The van der Waals surface area contributed by atoms with Crippen LogP contribution < -0.4 is 0 Å². The summed E-state index contributed by atoms with van der Waals surface area (Å²) in [6.45, 7) is 5.62. The molecule has 0 fully saturated rings. The molecule has 0 radical (unpaired) electrons. The van der Waals surface area contributed by atoms with Gasteiger partial charge in [0.15, 0.2) is 5.65 Å². The molecule has 1 aromatic carbocycles. The second-order valence-corrected chi connectivity index (χ2v) is 5.50. The molecule has 23 heavy (non-hydrogen) atoms. The normalized spacial score (nSPS) is 12.1. The molecule has 0 aliphatic heterocycles. The summed E-state index contributed by atoms with van der Waals surface area (Å²) >= 11 is 0. The van der Waals surface area contributed by atoms with Crippen molar-refractivity contribution in [3.63, 3.8) is 0 Å². The first kappa shape index (κ1) is 15.5. The lowest BCUT2D eigenvalue weighted by Crippen LogP contribution is -2.09. The molecule has 0 aliphatic rings. The van der Waals surface area contributed by atoms with E-state index in [-0.39, 0.29) is 5.56 Å². The van der Waals surface area contributed by atoms with Gasteiger partial charge in [-0.15, -0.1) is 0 Å². The third-order valence-corrected chi connectivity index (χ3v) is 4.05. The number of aromatic nitrogens is 3. The van der Waals surface area contributed by atoms with Gasteiger partial charge in [0.25, 0.3) is 0 Å². The van der Waals surface area contributed by atoms with Gasteiger partial charge in [0.2, 0.25) is 0 Å². The molecule has 0 amide bonds. The molecule has 0 saturated heterocycles. The molecule has 0 aliphatic carbocycles. The Labute approximate surface area is 131 Å². The zero-order valence-electron chi connectivity index (χ0n) is 13.1. The van der Waals surface area contributed by atoms with Crippen molar-refractivity contribution in [1.29, 1.82) is 0 Å². The lowest BCUT2D eigenvalue weighted by Gasteiger charge is -2.15. The minimum atomic E-state index is -4.42. The van der Waals surface area contributed by atoms with Gasteiger partial charge < -0.3 is 0 Å². The van der Waals surface area contributed by atoms with Gasteiger partial charge in [-0.25, -0.2) is 9.50 Å². The highest BCUT2D eigenvalue weighted by atomic mass is 19.4. The Hall–Kier alpha value is -2.37. The average Bonchev–Trinajstić information content (AvgIpc) is 2.93. The molecule has 0 saturated carbocycles. The van der Waals surface area contributed by atoms with Crippen LogP contribution >= 0.6 is 0 Å². The van der Waals surface area contributed by atoms with Gasteiger partial charge in [0.05, 0.1) is 23.1 Å². The van der Waals surface area contributed by atoms with Crippen molar-refractivity contribution >= 4 is 5.65 Å². The van der Waals surface area contributed by atoms with Gasteiger partial charge >= 0.3 is 6.18 Å². The lowest BCUT2D eigenvalue weighted by molar-refractivity contribution is -0.137. The third kappa shape index (κ3) is 2.58. The Morgan fingerprint density at radius 3 is 2.43 bits per heavy atom. The number of fused-ring (bicyclic) bond motifs is 1. The van der Waals surface area contributed by atoms with Gasteiger partial charge in [-0.05, 0) is 37.5 Å². The minimum absolute atomic E-state index is 0.0919. The van der Waals surface area contributed by atoms with Crippen molar-refractivity contribution in [2.75, 3.05) is 0 Å². The van der Waals surface area contributed by atoms with Crippen molar-refractivity contribution in [3.05, 3.63) is 52.8 Å². The van der Waals surface area contributed by atoms with Gasteiger partial charge in [-0.1, -0.05) is 25.1 Å². The van der Waals surface area contributed by atoms with Crippen LogP contribution in [0.1, 0.15) is 29.3 Å². The number of halogens is 3. The summed E-state index contributed by atoms with van der Waals surface area (Å²) in [5.41, 5.74) is 2.85. The predicted molar refractivity (Wildman–Crippen MR) is 82.3 cm³/mol. The summed E-state index contributed by atoms with van der Waals surface area (Å²) in [6.07, 6.45) is -1.91. The molecular formula is C17H16F3N3. The number of alkyl halides is 3. The van der Waals surface area contributed by atoms with E-state index in [0.717, 1.165) is 23.7 Å². The Bertz CT molecular complexity index is 879. The average molecular weight is 319 g/mol. The van der Waals surface area contributed by atoms with Crippen LogP contribution in [0.25, 0.3) is 16.9 Å². The summed E-state index contributed by atoms with van der Waals surface area (Å²) in [5, 5.41) is 4.40. The Kier molecular flexibility index (Phi) is 3.62. The maximum absolute atomic E-state index is 13.3. The zero-order valence-corrected chi connectivity index (χ0v) is 13.1. The van der Waals surface area contributed by atoms with E-state index >= 15 is 0 Å². The molecule has 0 unspecified atom stereocenters. The molecule has 2 heterocycles. The Balaban J connectivity index is 2.31. The first-order chi connectivity index (χ1) is 10.8. The number of rotatable bonds is 2. The second kappa shape index (κ2) is 5.37. The van der Waals surface area contributed by atoms with E-state index < -0.39 is 11.7 Å². The van der Waals surface area contributed by atoms with E-state index in [1.54, 1.807) is 23.7 Å². The molecule has 6 heteroatoms. The monoisotopic (exact) mass is 319 g/mol. The second-order valence-electron chi connectivity index (χ2n) is 5.50. The van der Waals surface area contributed by atoms with Crippen LogP contribution in [0.2, 0.25) is 0 Å². The van der Waals surface area contributed by atoms with Gasteiger partial charge in [0, 0.05) is 5.56 Å². The van der Waals surface area contributed by atoms with E-state index in [2.05, 4.69) is 10.1 Å². The van der Waals surface area contributed by atoms with E-state index in [0.29, 0.717) is 16.9 Å². The summed E-state index contributed by atoms with van der Waals surface area (Å²) < 4.78 is 41.4. The quantitative estimate of drug-likeness (QED) is 0.691. The SMILES string of the molecule is CCc1cn2nc(-c3ccccc3C(F)(F)F)c(C)c(C)c2n1. The highest BCUT2D eigenvalue weighted by molar-refractivity contribution is 5.71. The number of hydrogen-bond donors (Lipinski definition) is 0. The van der Waals surface area contributed by atoms with Crippen LogP contribution in [0.15, 0.2) is 30.5 Å². The van der Waals surface area contributed by atoms with Crippen molar-refractivity contribution in [3.8, 4) is 11.3 Å². The number of nitrogens with zero attached hydrogens (tertiary/aromatic N) is 3. The maximum Gasteiger partial charge on any atom is 0.417 e. The van der Waals surface area contributed by atoms with Gasteiger partial charge in [-0.3, -0.25) is 0 Å². The van der Waals surface area contributed by atoms with Crippen LogP contribution in [-0.4, -0.2) is 14.6 Å². The van der Waals surface area contributed by atoms with E-state index in [4.69, 9.17) is 0 Å². The number of imidazole rings is 1. The van der Waals surface area contributed by atoms with E-state index in [1.165, 1.54) is 12.1 Å². The minimum Gasteiger partial charge on any atom is -0.232 e. The van der Waals surface area contributed by atoms with Crippen molar-refractivity contribution < 1.29 is 13.2 Å². The molecular weight excluding hydrogens is 303 g/mol. The lowest BCUT2D eigenvalue weighted by atomic mass is 9.99. The topological polar surface area (TPSA) is 30.2 Å². The molecule has 2 aromatic heterocycles. The number of aryl methyl sites for hydroxylation is 2. The molecule has 3 aromatic rings. The third-order valence-electron chi connectivity index (χ3n) is 4.05. The van der Waals surface area contributed by atoms with Crippen LogP contribution in [0, 0.1) is 13.8 Å². The van der Waals surface area contributed by atoms with Gasteiger partial charge in [-0.2, -0.15) is 18.3 Å². The fourth-order valence-corrected chi connectivity index (χ4v) is 2.64. The standard InChI is InChI=1S/C17H16F3N3/c1-4-12-9-23-16(21-12)11(3)10(2)15(22-23)13-7-5-6-8-14(13)17(18,19)20/h5-9H,4H2,1-3H3. The summed E-state index contributed by atoms with van der Waals surface area (Å²) in [6, 6.07) is 5.53. The van der Waals surface area contributed by atoms with Crippen LogP contribution in [0.5, 0.6) is 0 Å². The van der Waals surface area contributed by atoms with Crippen LogP contribution in [0.3, 0.4) is 0 Å². The molecule has 120 valence electrons. The largest absolute Gasteiger partial charge is 0.417 e. The summed E-state index contributed by atoms with van der Waals surface area (Å²) in [4.78, 5) is 4.48. The van der Waals surface area contributed by atoms with E-state index in [9.17, 15) is 13.2 Å². The molecule has 3 rings (SSSR count). The first-order valence-electron chi connectivity index (χ1n) is 7.35. The van der Waals surface area contributed by atoms with Crippen molar-refractivity contribution in [2.45, 2.75) is 33.4 Å². The molecule has 0 atom stereocenters. The highest BCUT2D eigenvalue weighted by Gasteiger charge is 2.34. The first-order valence-corrected chi connectivity index (χ1v) is 7.35. The fourth-order valence-electron chi connectivity index (χ4n) is 2.64. The number of benzene rings is 1. The Morgan fingerprint density at radius 1 is 1.09 bits per heavy atom. The zero-order chi connectivity index (χ0) is 16.8. The van der Waals surface area contributed by atoms with Crippen molar-refractivity contribution in [1.82, 2.24) is 14.6 Å². The molecule has 0 N–H and O–H groups in total. The van der Waals surface area contributed by atoms with Crippen LogP contribution in [-0.2, 0) is 12.6 Å². The summed E-state index contributed by atoms with van der Waals surface area (Å²) in [5.74, 6) is 0. The smallest absolute Gasteiger partial charge is 0.232 e. The van der Waals surface area contributed by atoms with Gasteiger partial charge in [0.1, 0.15) is 0 Å². The number of hydrogen-bond acceptors (Lipinski definition) is 2. The molecule has 0 bridgehead atoms. The predicted octanol–water partition coefficient (Wildman–Crippen LogP) is 4.59. The fraction of sp³-hybridized carbons (Fsp3) is 0.294. The summed E-state index contributed by atoms with van der Waals surface area (Å²) in [7, 11) is 0. The highest BCUT2D eigenvalue weighted by Crippen LogP contribution is 2.37. The van der Waals surface area contributed by atoms with Crippen LogP contribution in [0.4, 0.5) is 13.2 Å². The van der Waals surface area contributed by atoms with E-state index in [1.807, 2.05) is 13.8 Å². The van der Waals surface area contributed by atoms with Crippen molar-refractivity contribution in [2.24, 2.45) is 0 Å². The molecule has 0 spiro atoms. The maximum atomic E-state index is 13.3. The Morgan fingerprint density at radius 2 is 1.78 bits per heavy atom.